The van der Waals surface area contributed by atoms with Crippen molar-refractivity contribution in [1.82, 2.24) is 4.98 Å². The van der Waals surface area contributed by atoms with Gasteiger partial charge in [0.15, 0.2) is 17.4 Å². The molecule has 2 heterocycles. The Balaban J connectivity index is 2.09. The van der Waals surface area contributed by atoms with E-state index in [2.05, 4.69) is 20.9 Å². The molecule has 0 amide bonds. The third-order valence-electron chi connectivity index (χ3n) is 3.08. The van der Waals surface area contributed by atoms with Crippen molar-refractivity contribution in [2.45, 2.75) is 13.3 Å². The number of aromatic nitrogens is 1. The normalized spacial score (nSPS) is 19.1. The molecule has 0 N–H and O–H groups in total. The van der Waals surface area contributed by atoms with Crippen LogP contribution in [0.2, 0.25) is 0 Å². The summed E-state index contributed by atoms with van der Waals surface area (Å²) in [4.78, 5) is 29.1. The fourth-order valence-electron chi connectivity index (χ4n) is 2.14. The molecular weight excluding hydrogens is 331 g/mol. The number of nitrogens with zero attached hydrogens (tertiary/aromatic N) is 2. The fraction of sp³-hybridized carbons (Fsp3) is 0.462. The van der Waals surface area contributed by atoms with E-state index in [0.29, 0.717) is 17.4 Å². The van der Waals surface area contributed by atoms with E-state index >= 15 is 0 Å². The van der Waals surface area contributed by atoms with Crippen LogP contribution in [0, 0.1) is 11.7 Å². The topological polar surface area (TPSA) is 59.5 Å². The van der Waals surface area contributed by atoms with Crippen molar-refractivity contribution in [2.24, 2.45) is 5.92 Å². The van der Waals surface area contributed by atoms with Crippen molar-refractivity contribution < 1.29 is 18.7 Å². The van der Waals surface area contributed by atoms with Crippen molar-refractivity contribution in [3.63, 3.8) is 0 Å². The van der Waals surface area contributed by atoms with Gasteiger partial charge in [0.1, 0.15) is 5.92 Å². The van der Waals surface area contributed by atoms with Gasteiger partial charge in [-0.25, -0.2) is 9.37 Å². The summed E-state index contributed by atoms with van der Waals surface area (Å²) >= 11 is 3.13. The highest BCUT2D eigenvalue weighted by atomic mass is 79.9. The predicted octanol–water partition coefficient (Wildman–Crippen LogP) is 1.94. The molecule has 108 valence electrons. The first-order chi connectivity index (χ1) is 9.52. The summed E-state index contributed by atoms with van der Waals surface area (Å²) in [6, 6.07) is 1.30. The lowest BCUT2D eigenvalue weighted by atomic mass is 9.95. The number of halogens is 2. The number of Topliss-reactive ketones (excluding diaryl/α,β-unsaturated/α-hetero) is 1. The van der Waals surface area contributed by atoms with Crippen LogP contribution in [0.1, 0.15) is 13.3 Å². The number of rotatable bonds is 3. The van der Waals surface area contributed by atoms with Crippen LogP contribution in [0.25, 0.3) is 0 Å². The summed E-state index contributed by atoms with van der Waals surface area (Å²) in [5.74, 6) is -1.88. The molecule has 0 spiro atoms. The van der Waals surface area contributed by atoms with Crippen LogP contribution in [-0.2, 0) is 14.3 Å². The molecule has 0 aromatic carbocycles. The monoisotopic (exact) mass is 344 g/mol. The van der Waals surface area contributed by atoms with Gasteiger partial charge in [-0.2, -0.15) is 0 Å². The average Bonchev–Trinajstić information content (AvgIpc) is 2.38. The lowest BCUT2D eigenvalue weighted by Crippen LogP contribution is -2.44. The van der Waals surface area contributed by atoms with Gasteiger partial charge < -0.3 is 9.64 Å². The van der Waals surface area contributed by atoms with E-state index in [9.17, 15) is 14.0 Å². The molecule has 1 aromatic rings. The summed E-state index contributed by atoms with van der Waals surface area (Å²) in [5.41, 5.74) is 0. The number of ketones is 1. The van der Waals surface area contributed by atoms with Crippen LogP contribution in [-0.4, -0.2) is 36.4 Å². The van der Waals surface area contributed by atoms with Gasteiger partial charge in [-0.05, 0) is 35.3 Å². The fourth-order valence-corrected chi connectivity index (χ4v) is 2.44. The number of esters is 1. The number of carbonyl (C=O) groups is 2. The molecule has 20 heavy (non-hydrogen) atoms. The maximum atomic E-state index is 13.8. The second-order valence-electron chi connectivity index (χ2n) is 4.44. The van der Waals surface area contributed by atoms with Gasteiger partial charge in [0.05, 0.1) is 13.2 Å². The zero-order chi connectivity index (χ0) is 14.7. The Morgan fingerprint density at radius 1 is 1.65 bits per heavy atom. The van der Waals surface area contributed by atoms with Gasteiger partial charge >= 0.3 is 5.97 Å². The van der Waals surface area contributed by atoms with Crippen LogP contribution in [0.4, 0.5) is 10.2 Å². The van der Waals surface area contributed by atoms with Crippen molar-refractivity contribution in [3.8, 4) is 0 Å². The minimum absolute atomic E-state index is 0.0327. The predicted molar refractivity (Wildman–Crippen MR) is 73.9 cm³/mol. The van der Waals surface area contributed by atoms with Crippen molar-refractivity contribution in [2.75, 3.05) is 24.6 Å². The van der Waals surface area contributed by atoms with E-state index in [1.807, 2.05) is 0 Å². The van der Waals surface area contributed by atoms with Gasteiger partial charge in [0.2, 0.25) is 0 Å². The summed E-state index contributed by atoms with van der Waals surface area (Å²) in [6.07, 6.45) is 1.79. The number of carbonyl (C=O) groups excluding carboxylic acids is 2. The highest BCUT2D eigenvalue weighted by Gasteiger charge is 2.34. The minimum Gasteiger partial charge on any atom is -0.465 e. The molecule has 2 rings (SSSR count). The van der Waals surface area contributed by atoms with E-state index in [1.165, 1.54) is 12.3 Å². The van der Waals surface area contributed by atoms with Gasteiger partial charge in [-0.15, -0.1) is 0 Å². The van der Waals surface area contributed by atoms with Crippen LogP contribution in [0.15, 0.2) is 16.7 Å². The van der Waals surface area contributed by atoms with Gasteiger partial charge in [-0.1, -0.05) is 0 Å². The molecule has 0 saturated carbocycles. The molecule has 5 nitrogen and oxygen atoms in total. The van der Waals surface area contributed by atoms with E-state index in [-0.39, 0.29) is 24.8 Å². The molecule has 1 aliphatic heterocycles. The smallest absolute Gasteiger partial charge is 0.316 e. The van der Waals surface area contributed by atoms with E-state index in [0.717, 1.165) is 0 Å². The molecule has 0 bridgehead atoms. The molecule has 1 aromatic heterocycles. The zero-order valence-electron chi connectivity index (χ0n) is 10.9. The molecule has 7 heteroatoms. The largest absolute Gasteiger partial charge is 0.465 e. The number of anilines is 1. The van der Waals surface area contributed by atoms with Crippen molar-refractivity contribution in [3.05, 3.63) is 22.6 Å². The Morgan fingerprint density at radius 2 is 2.40 bits per heavy atom. The van der Waals surface area contributed by atoms with Crippen LogP contribution in [0.3, 0.4) is 0 Å². The third-order valence-corrected chi connectivity index (χ3v) is 3.52. The lowest BCUT2D eigenvalue weighted by Gasteiger charge is -2.30. The second kappa shape index (κ2) is 6.30. The second-order valence-corrected chi connectivity index (χ2v) is 5.36. The number of ether oxygens (including phenoxy) is 1. The highest BCUT2D eigenvalue weighted by Crippen LogP contribution is 2.24. The minimum atomic E-state index is -0.746. The Bertz CT molecular complexity index is 538. The van der Waals surface area contributed by atoms with Crippen LogP contribution < -0.4 is 4.90 Å². The summed E-state index contributed by atoms with van der Waals surface area (Å²) in [5, 5.41) is 0. The molecule has 1 atom stereocenters. The Morgan fingerprint density at radius 3 is 3.00 bits per heavy atom. The Labute approximate surface area is 124 Å². The summed E-state index contributed by atoms with van der Waals surface area (Å²) < 4.78 is 19.2. The SMILES string of the molecule is CCOC(=O)C1CCN(c2ncc(Br)cc2F)CC1=O. The summed E-state index contributed by atoms with van der Waals surface area (Å²) in [6.45, 7) is 2.30. The van der Waals surface area contributed by atoms with Gasteiger partial charge in [0.25, 0.3) is 0 Å². The Kier molecular flexibility index (Phi) is 4.69. The number of hydrogen-bond donors (Lipinski definition) is 0. The van der Waals surface area contributed by atoms with Crippen LogP contribution >= 0.6 is 15.9 Å². The maximum Gasteiger partial charge on any atom is 0.316 e. The van der Waals surface area contributed by atoms with Crippen LogP contribution in [0.5, 0.6) is 0 Å². The van der Waals surface area contributed by atoms with Gasteiger partial charge in [-0.3, -0.25) is 9.59 Å². The van der Waals surface area contributed by atoms with E-state index in [4.69, 9.17) is 4.74 Å². The zero-order valence-corrected chi connectivity index (χ0v) is 12.5. The standard InChI is InChI=1S/C13H14BrFN2O3/c1-2-20-13(19)9-3-4-17(7-11(9)18)12-10(15)5-8(14)6-16-12/h5-6,9H,2-4,7H2,1H3. The number of piperidine rings is 1. The Hall–Kier alpha value is -1.50. The number of pyridine rings is 1. The average molecular weight is 345 g/mol. The van der Waals surface area contributed by atoms with Crippen molar-refractivity contribution >= 4 is 33.5 Å². The molecule has 1 aliphatic rings. The lowest BCUT2D eigenvalue weighted by molar-refractivity contribution is -0.152. The number of hydrogen-bond acceptors (Lipinski definition) is 5. The maximum absolute atomic E-state index is 13.8. The third kappa shape index (κ3) is 3.15. The molecule has 1 unspecified atom stereocenters. The summed E-state index contributed by atoms with van der Waals surface area (Å²) in [7, 11) is 0. The first-order valence-electron chi connectivity index (χ1n) is 6.28. The quantitative estimate of drug-likeness (QED) is 0.619. The molecule has 1 fully saturated rings. The van der Waals surface area contributed by atoms with Gasteiger partial charge in [0, 0.05) is 17.2 Å². The molecule has 0 radical (unpaired) electrons. The highest BCUT2D eigenvalue weighted by molar-refractivity contribution is 9.10. The first kappa shape index (κ1) is 14.9. The first-order valence-corrected chi connectivity index (χ1v) is 7.07. The molecular formula is C13H14BrFN2O3. The molecule has 0 aliphatic carbocycles. The van der Waals surface area contributed by atoms with E-state index in [1.54, 1.807) is 11.8 Å². The molecule has 1 saturated heterocycles. The van der Waals surface area contributed by atoms with E-state index < -0.39 is 17.7 Å². The van der Waals surface area contributed by atoms with Crippen molar-refractivity contribution in [1.29, 1.82) is 0 Å².